The van der Waals surface area contributed by atoms with E-state index in [4.69, 9.17) is 10.5 Å². The highest BCUT2D eigenvalue weighted by atomic mass is 16.5. The SMILES string of the molecule is C=NC=N/C(=C\C)C1CCN(c2cc(OC)c(N)cc2-c2cnn(C)c2)CC1. The molecule has 0 unspecified atom stereocenters. The van der Waals surface area contributed by atoms with Gasteiger partial charge in [-0.15, -0.1) is 0 Å². The molecule has 1 aliphatic heterocycles. The molecule has 2 heterocycles. The maximum atomic E-state index is 6.19. The van der Waals surface area contributed by atoms with Gasteiger partial charge < -0.3 is 15.4 Å². The maximum absolute atomic E-state index is 6.19. The number of nitrogens with zero attached hydrogens (tertiary/aromatic N) is 5. The van der Waals surface area contributed by atoms with Crippen LogP contribution in [0.3, 0.4) is 0 Å². The van der Waals surface area contributed by atoms with E-state index < -0.39 is 0 Å². The van der Waals surface area contributed by atoms with Crippen LogP contribution < -0.4 is 15.4 Å². The molecule has 28 heavy (non-hydrogen) atoms. The van der Waals surface area contributed by atoms with E-state index in [1.54, 1.807) is 11.8 Å². The number of ether oxygens (including phenoxy) is 1. The summed E-state index contributed by atoms with van der Waals surface area (Å²) in [6.07, 6.45) is 9.50. The fourth-order valence-corrected chi connectivity index (χ4v) is 3.76. The van der Waals surface area contributed by atoms with Gasteiger partial charge in [0.1, 0.15) is 12.1 Å². The van der Waals surface area contributed by atoms with Crippen LogP contribution in [0, 0.1) is 5.92 Å². The first kappa shape index (κ1) is 19.7. The molecule has 0 aliphatic carbocycles. The summed E-state index contributed by atoms with van der Waals surface area (Å²) in [7, 11) is 3.56. The Labute approximate surface area is 166 Å². The van der Waals surface area contributed by atoms with Gasteiger partial charge >= 0.3 is 0 Å². The van der Waals surface area contributed by atoms with E-state index in [1.165, 1.54) is 6.34 Å². The zero-order chi connectivity index (χ0) is 20.1. The number of aryl methyl sites for hydroxylation is 1. The van der Waals surface area contributed by atoms with E-state index in [0.29, 0.717) is 17.4 Å². The second-order valence-electron chi connectivity index (χ2n) is 6.92. The van der Waals surface area contributed by atoms with Crippen molar-refractivity contribution in [3.8, 4) is 16.9 Å². The van der Waals surface area contributed by atoms with Crippen LogP contribution >= 0.6 is 0 Å². The van der Waals surface area contributed by atoms with Crippen LogP contribution in [-0.2, 0) is 7.05 Å². The van der Waals surface area contributed by atoms with Crippen molar-refractivity contribution in [2.75, 3.05) is 30.8 Å². The van der Waals surface area contributed by atoms with Gasteiger partial charge in [0.15, 0.2) is 0 Å². The van der Waals surface area contributed by atoms with Crippen LogP contribution in [0.4, 0.5) is 11.4 Å². The number of anilines is 2. The van der Waals surface area contributed by atoms with Crippen LogP contribution in [-0.4, -0.2) is 43.0 Å². The highest BCUT2D eigenvalue weighted by molar-refractivity contribution is 5.83. The smallest absolute Gasteiger partial charge is 0.143 e. The minimum absolute atomic E-state index is 0.428. The minimum atomic E-state index is 0.428. The van der Waals surface area contributed by atoms with Gasteiger partial charge in [0, 0.05) is 60.8 Å². The molecule has 1 fully saturated rings. The highest BCUT2D eigenvalue weighted by Gasteiger charge is 2.25. The molecule has 0 bridgehead atoms. The molecule has 0 spiro atoms. The van der Waals surface area contributed by atoms with Gasteiger partial charge in [0.25, 0.3) is 0 Å². The Balaban J connectivity index is 1.87. The third-order valence-corrected chi connectivity index (χ3v) is 5.20. The van der Waals surface area contributed by atoms with Crippen molar-refractivity contribution in [3.05, 3.63) is 36.3 Å². The maximum Gasteiger partial charge on any atom is 0.143 e. The number of nitrogen functional groups attached to an aromatic ring is 1. The summed E-state index contributed by atoms with van der Waals surface area (Å²) in [5.74, 6) is 1.12. The summed E-state index contributed by atoms with van der Waals surface area (Å²) < 4.78 is 7.28. The van der Waals surface area contributed by atoms with Crippen molar-refractivity contribution >= 4 is 24.4 Å². The van der Waals surface area contributed by atoms with Crippen molar-refractivity contribution in [1.29, 1.82) is 0 Å². The van der Waals surface area contributed by atoms with Crippen molar-refractivity contribution in [1.82, 2.24) is 9.78 Å². The monoisotopic (exact) mass is 380 g/mol. The number of nitrogens with two attached hydrogens (primary N) is 1. The molecule has 1 aromatic carbocycles. The molecule has 2 aromatic rings. The lowest BCUT2D eigenvalue weighted by Gasteiger charge is -2.35. The van der Waals surface area contributed by atoms with Gasteiger partial charge in [-0.1, -0.05) is 6.08 Å². The Hall–Kier alpha value is -3.09. The molecular weight excluding hydrogens is 352 g/mol. The number of allylic oxidation sites excluding steroid dienone is 2. The number of benzene rings is 1. The standard InChI is InChI=1S/C21H28N6O/c1-5-19(24-14-23-2)15-6-8-27(9-7-15)20-11-21(28-4)18(22)10-17(20)16-12-25-26(3)13-16/h5,10-15H,2,6-9,22H2,1,3-4H3/b19-5-,24-14?. The molecule has 0 saturated carbocycles. The third kappa shape index (κ3) is 4.08. The minimum Gasteiger partial charge on any atom is -0.495 e. The number of methoxy groups -OCH3 is 1. The van der Waals surface area contributed by atoms with E-state index in [2.05, 4.69) is 32.8 Å². The normalized spacial score (nSPS) is 16.0. The van der Waals surface area contributed by atoms with Gasteiger partial charge in [0.2, 0.25) is 0 Å². The molecule has 3 rings (SSSR count). The Morgan fingerprint density at radius 2 is 2.11 bits per heavy atom. The van der Waals surface area contributed by atoms with Crippen LogP contribution in [0.1, 0.15) is 19.8 Å². The summed E-state index contributed by atoms with van der Waals surface area (Å²) in [4.78, 5) is 10.6. The molecule has 0 radical (unpaired) electrons. The molecule has 0 atom stereocenters. The van der Waals surface area contributed by atoms with Crippen molar-refractivity contribution in [2.24, 2.45) is 23.0 Å². The number of aliphatic imine (C=N–C) groups is 2. The fraction of sp³-hybridized carbons (Fsp3) is 0.381. The number of hydrogen-bond acceptors (Lipinski definition) is 5. The second-order valence-corrected chi connectivity index (χ2v) is 6.92. The molecule has 1 aliphatic rings. The first-order chi connectivity index (χ1) is 13.6. The Bertz CT molecular complexity index is 890. The summed E-state index contributed by atoms with van der Waals surface area (Å²) in [6, 6.07) is 4.02. The van der Waals surface area contributed by atoms with Crippen molar-refractivity contribution < 1.29 is 4.74 Å². The molecule has 0 amide bonds. The zero-order valence-electron chi connectivity index (χ0n) is 16.8. The Morgan fingerprint density at radius 3 is 2.68 bits per heavy atom. The van der Waals surface area contributed by atoms with E-state index in [0.717, 1.165) is 48.4 Å². The van der Waals surface area contributed by atoms with Gasteiger partial charge in [-0.2, -0.15) is 5.10 Å². The van der Waals surface area contributed by atoms with E-state index >= 15 is 0 Å². The molecule has 148 valence electrons. The number of hydrogen-bond donors (Lipinski definition) is 1. The predicted octanol–water partition coefficient (Wildman–Crippen LogP) is 3.53. The number of piperidine rings is 1. The average molecular weight is 380 g/mol. The number of rotatable bonds is 6. The Kier molecular flexibility index (Phi) is 6.13. The lowest BCUT2D eigenvalue weighted by atomic mass is 9.92. The average Bonchev–Trinajstić information content (AvgIpc) is 3.15. The van der Waals surface area contributed by atoms with Gasteiger partial charge in [0.05, 0.1) is 19.0 Å². The van der Waals surface area contributed by atoms with E-state index in [9.17, 15) is 0 Å². The molecule has 1 aromatic heterocycles. The van der Waals surface area contributed by atoms with Crippen molar-refractivity contribution in [3.63, 3.8) is 0 Å². The first-order valence-corrected chi connectivity index (χ1v) is 9.43. The summed E-state index contributed by atoms with van der Waals surface area (Å²) in [6.45, 7) is 7.34. The van der Waals surface area contributed by atoms with Crippen LogP contribution in [0.15, 0.2) is 46.3 Å². The summed E-state index contributed by atoms with van der Waals surface area (Å²) in [5, 5.41) is 4.32. The summed E-state index contributed by atoms with van der Waals surface area (Å²) in [5.41, 5.74) is 11.1. The lowest BCUT2D eigenvalue weighted by molar-refractivity contribution is 0.416. The molecule has 7 heteroatoms. The van der Waals surface area contributed by atoms with Crippen LogP contribution in [0.25, 0.3) is 11.1 Å². The largest absolute Gasteiger partial charge is 0.495 e. The predicted molar refractivity (Wildman–Crippen MR) is 116 cm³/mol. The van der Waals surface area contributed by atoms with Gasteiger partial charge in [-0.05, 0) is 32.5 Å². The Morgan fingerprint density at radius 1 is 1.36 bits per heavy atom. The molecule has 2 N–H and O–H groups in total. The quantitative estimate of drug-likeness (QED) is 0.472. The van der Waals surface area contributed by atoms with Crippen molar-refractivity contribution in [2.45, 2.75) is 19.8 Å². The number of aromatic nitrogens is 2. The molecule has 7 nitrogen and oxygen atoms in total. The molecule has 1 saturated heterocycles. The summed E-state index contributed by atoms with van der Waals surface area (Å²) >= 11 is 0. The van der Waals surface area contributed by atoms with Crippen LogP contribution in [0.5, 0.6) is 5.75 Å². The topological polar surface area (TPSA) is 81.0 Å². The first-order valence-electron chi connectivity index (χ1n) is 9.43. The second kappa shape index (κ2) is 8.73. The lowest BCUT2D eigenvalue weighted by Crippen LogP contribution is -2.34. The fourth-order valence-electron chi connectivity index (χ4n) is 3.76. The third-order valence-electron chi connectivity index (χ3n) is 5.20. The van der Waals surface area contributed by atoms with Crippen LogP contribution in [0.2, 0.25) is 0 Å². The van der Waals surface area contributed by atoms with E-state index in [1.807, 2.05) is 38.5 Å². The zero-order valence-corrected chi connectivity index (χ0v) is 16.8. The highest BCUT2D eigenvalue weighted by Crippen LogP contribution is 2.40. The van der Waals surface area contributed by atoms with Gasteiger partial charge in [-0.25, -0.2) is 4.99 Å². The van der Waals surface area contributed by atoms with Gasteiger partial charge in [-0.3, -0.25) is 9.67 Å². The molecular formula is C21H28N6O. The van der Waals surface area contributed by atoms with E-state index in [-0.39, 0.29) is 0 Å².